The molecule has 0 aliphatic carbocycles. The van der Waals surface area contributed by atoms with Crippen molar-refractivity contribution >= 4 is 44.1 Å². The average Bonchev–Trinajstić information content (AvgIpc) is 2.64. The molecule has 3 aromatic rings. The van der Waals surface area contributed by atoms with E-state index in [4.69, 9.17) is 0 Å². The van der Waals surface area contributed by atoms with Gasteiger partial charge in [-0.1, -0.05) is 60.7 Å². The van der Waals surface area contributed by atoms with Gasteiger partial charge < -0.3 is 5.32 Å². The van der Waals surface area contributed by atoms with E-state index in [1.807, 2.05) is 54.6 Å². The van der Waals surface area contributed by atoms with Crippen molar-refractivity contribution in [3.05, 3.63) is 94.1 Å². The summed E-state index contributed by atoms with van der Waals surface area (Å²) in [5.41, 5.74) is 1.50. The van der Waals surface area contributed by atoms with Crippen molar-refractivity contribution in [1.82, 2.24) is 0 Å². The SMILES string of the molecule is O=S(=O)(/N=C(/Nc1ccccc1I)c1ccccc1)c1ccccc1. The molecule has 3 aromatic carbocycles. The molecule has 126 valence electrons. The Kier molecular flexibility index (Phi) is 5.50. The molecule has 0 aliphatic rings. The number of hydrogen-bond acceptors (Lipinski definition) is 2. The Morgan fingerprint density at radius 1 is 0.800 bits per heavy atom. The molecule has 0 aromatic heterocycles. The molecule has 0 amide bonds. The first-order chi connectivity index (χ1) is 12.1. The first kappa shape index (κ1) is 17.6. The van der Waals surface area contributed by atoms with Crippen LogP contribution in [0.3, 0.4) is 0 Å². The van der Waals surface area contributed by atoms with Gasteiger partial charge >= 0.3 is 0 Å². The van der Waals surface area contributed by atoms with Crippen molar-refractivity contribution in [3.63, 3.8) is 0 Å². The quantitative estimate of drug-likeness (QED) is 0.352. The maximum Gasteiger partial charge on any atom is 0.284 e. The molecule has 0 atom stereocenters. The summed E-state index contributed by atoms with van der Waals surface area (Å²) in [5.74, 6) is 0.286. The van der Waals surface area contributed by atoms with Crippen LogP contribution in [0.2, 0.25) is 0 Å². The molecule has 0 radical (unpaired) electrons. The second-order valence-corrected chi connectivity index (χ2v) is 7.97. The lowest BCUT2D eigenvalue weighted by atomic mass is 10.2. The number of nitrogens with one attached hydrogen (secondary N) is 1. The number of hydrogen-bond donors (Lipinski definition) is 1. The molecule has 0 aliphatic heterocycles. The number of para-hydroxylation sites is 1. The fourth-order valence-corrected chi connectivity index (χ4v) is 3.72. The van der Waals surface area contributed by atoms with Gasteiger partial charge in [-0.15, -0.1) is 4.40 Å². The molecular formula is C19H15IN2O2S. The molecule has 0 spiro atoms. The molecule has 0 saturated heterocycles. The molecule has 0 saturated carbocycles. The third-order valence-corrected chi connectivity index (χ3v) is 5.66. The fraction of sp³-hybridized carbons (Fsp3) is 0. The van der Waals surface area contributed by atoms with Gasteiger partial charge in [0, 0.05) is 9.13 Å². The van der Waals surface area contributed by atoms with Gasteiger partial charge in [0.15, 0.2) is 5.84 Å². The minimum atomic E-state index is -3.82. The maximum absolute atomic E-state index is 12.7. The molecule has 0 bridgehead atoms. The summed E-state index contributed by atoms with van der Waals surface area (Å²) < 4.78 is 30.4. The van der Waals surface area contributed by atoms with Crippen molar-refractivity contribution in [2.45, 2.75) is 4.90 Å². The second-order valence-electron chi connectivity index (χ2n) is 5.20. The summed E-state index contributed by atoms with van der Waals surface area (Å²) in [6.45, 7) is 0. The topological polar surface area (TPSA) is 58.5 Å². The van der Waals surface area contributed by atoms with Gasteiger partial charge in [0.2, 0.25) is 0 Å². The normalized spacial score (nSPS) is 12.0. The van der Waals surface area contributed by atoms with Crippen molar-refractivity contribution in [2.24, 2.45) is 4.40 Å². The third kappa shape index (κ3) is 4.46. The van der Waals surface area contributed by atoms with E-state index in [-0.39, 0.29) is 10.7 Å². The van der Waals surface area contributed by atoms with Crippen molar-refractivity contribution in [3.8, 4) is 0 Å². The highest BCUT2D eigenvalue weighted by Crippen LogP contribution is 2.20. The molecule has 3 rings (SSSR count). The number of anilines is 1. The van der Waals surface area contributed by atoms with Crippen LogP contribution >= 0.6 is 22.6 Å². The molecular weight excluding hydrogens is 447 g/mol. The summed E-state index contributed by atoms with van der Waals surface area (Å²) in [5, 5.41) is 3.15. The Hall–Kier alpha value is -2.19. The Morgan fingerprint density at radius 3 is 2.00 bits per heavy atom. The lowest BCUT2D eigenvalue weighted by molar-refractivity contribution is 0.598. The summed E-state index contributed by atoms with van der Waals surface area (Å²) in [4.78, 5) is 0.160. The Bertz CT molecular complexity index is 988. The van der Waals surface area contributed by atoms with Gasteiger partial charge in [-0.25, -0.2) is 0 Å². The van der Waals surface area contributed by atoms with E-state index in [0.29, 0.717) is 5.56 Å². The Morgan fingerprint density at radius 2 is 1.36 bits per heavy atom. The summed E-state index contributed by atoms with van der Waals surface area (Å²) in [6.07, 6.45) is 0. The summed E-state index contributed by atoms with van der Waals surface area (Å²) in [6, 6.07) is 25.0. The minimum absolute atomic E-state index is 0.160. The summed E-state index contributed by atoms with van der Waals surface area (Å²) in [7, 11) is -3.82. The lowest BCUT2D eigenvalue weighted by Crippen LogP contribution is -2.17. The number of amidine groups is 1. The predicted molar refractivity (Wildman–Crippen MR) is 109 cm³/mol. The molecule has 0 heterocycles. The molecule has 1 N–H and O–H groups in total. The van der Waals surface area contributed by atoms with Crippen LogP contribution in [-0.4, -0.2) is 14.3 Å². The van der Waals surface area contributed by atoms with E-state index in [1.165, 1.54) is 12.1 Å². The second kappa shape index (κ2) is 7.79. The lowest BCUT2D eigenvalue weighted by Gasteiger charge is -2.12. The zero-order chi connectivity index (χ0) is 17.7. The van der Waals surface area contributed by atoms with Crippen LogP contribution in [0.15, 0.2) is 94.2 Å². The molecule has 25 heavy (non-hydrogen) atoms. The van der Waals surface area contributed by atoms with Gasteiger partial charge in [-0.3, -0.25) is 0 Å². The highest BCUT2D eigenvalue weighted by molar-refractivity contribution is 14.1. The van der Waals surface area contributed by atoms with Crippen molar-refractivity contribution in [2.75, 3.05) is 5.32 Å². The monoisotopic (exact) mass is 462 g/mol. The number of rotatable bonds is 4. The van der Waals surface area contributed by atoms with E-state index in [2.05, 4.69) is 32.3 Å². The zero-order valence-corrected chi connectivity index (χ0v) is 16.1. The smallest absolute Gasteiger partial charge is 0.284 e. The van der Waals surface area contributed by atoms with Crippen LogP contribution in [0, 0.1) is 3.57 Å². The van der Waals surface area contributed by atoms with E-state index < -0.39 is 10.0 Å². The van der Waals surface area contributed by atoms with E-state index in [0.717, 1.165) is 9.26 Å². The van der Waals surface area contributed by atoms with Crippen LogP contribution in [0.25, 0.3) is 0 Å². The standard InChI is InChI=1S/C19H15IN2O2S/c20-17-13-7-8-14-18(17)21-19(15-9-3-1-4-10-15)22-25(23,24)16-11-5-2-6-12-16/h1-14H,(H,21,22). The van der Waals surface area contributed by atoms with Crippen LogP contribution in [0.1, 0.15) is 5.56 Å². The Balaban J connectivity index is 2.07. The first-order valence-corrected chi connectivity index (χ1v) is 10.1. The van der Waals surface area contributed by atoms with Crippen molar-refractivity contribution in [1.29, 1.82) is 0 Å². The minimum Gasteiger partial charge on any atom is -0.338 e. The highest BCUT2D eigenvalue weighted by Gasteiger charge is 2.16. The molecule has 4 nitrogen and oxygen atoms in total. The molecule has 0 unspecified atom stereocenters. The van der Waals surface area contributed by atoms with E-state index in [1.54, 1.807) is 18.2 Å². The first-order valence-electron chi connectivity index (χ1n) is 7.53. The number of nitrogens with zero attached hydrogens (tertiary/aromatic N) is 1. The number of sulfonamides is 1. The summed E-state index contributed by atoms with van der Waals surface area (Å²) >= 11 is 2.19. The van der Waals surface area contributed by atoms with Gasteiger partial charge in [-0.05, 0) is 46.9 Å². The van der Waals surface area contributed by atoms with Crippen LogP contribution in [0.4, 0.5) is 5.69 Å². The van der Waals surface area contributed by atoms with Crippen molar-refractivity contribution < 1.29 is 8.42 Å². The van der Waals surface area contributed by atoms with Crippen LogP contribution in [-0.2, 0) is 10.0 Å². The van der Waals surface area contributed by atoms with Gasteiger partial charge in [-0.2, -0.15) is 8.42 Å². The number of halogens is 1. The van der Waals surface area contributed by atoms with E-state index >= 15 is 0 Å². The number of benzene rings is 3. The third-order valence-electron chi connectivity index (χ3n) is 3.43. The Labute approximate surface area is 160 Å². The van der Waals surface area contributed by atoms with Gasteiger partial charge in [0.05, 0.1) is 10.6 Å². The van der Waals surface area contributed by atoms with Gasteiger partial charge in [0.25, 0.3) is 10.0 Å². The molecule has 0 fully saturated rings. The fourth-order valence-electron chi connectivity index (χ4n) is 2.20. The average molecular weight is 462 g/mol. The maximum atomic E-state index is 12.7. The predicted octanol–water partition coefficient (Wildman–Crippen LogP) is 4.54. The van der Waals surface area contributed by atoms with Crippen LogP contribution in [0.5, 0.6) is 0 Å². The zero-order valence-electron chi connectivity index (χ0n) is 13.1. The highest BCUT2D eigenvalue weighted by atomic mass is 127. The van der Waals surface area contributed by atoms with Gasteiger partial charge in [0.1, 0.15) is 0 Å². The largest absolute Gasteiger partial charge is 0.338 e. The van der Waals surface area contributed by atoms with Crippen LogP contribution < -0.4 is 5.32 Å². The molecule has 6 heteroatoms. The van der Waals surface area contributed by atoms with E-state index in [9.17, 15) is 8.42 Å².